The molecule has 1 saturated heterocycles. The number of amides is 1. The Morgan fingerprint density at radius 2 is 2.17 bits per heavy atom. The third kappa shape index (κ3) is 2.81. The second-order valence-corrected chi connectivity index (χ2v) is 3.31. The van der Waals surface area contributed by atoms with Gasteiger partial charge in [-0.05, 0) is 25.9 Å². The Hall–Kier alpha value is -0.570. The molecule has 70 valence electrons. The van der Waals surface area contributed by atoms with Crippen molar-refractivity contribution in [3.8, 4) is 0 Å². The molecule has 1 aliphatic rings. The van der Waals surface area contributed by atoms with Crippen molar-refractivity contribution in [2.45, 2.75) is 32.2 Å². The van der Waals surface area contributed by atoms with Crippen LogP contribution in [0.3, 0.4) is 0 Å². The van der Waals surface area contributed by atoms with Crippen LogP contribution in [0.4, 0.5) is 0 Å². The summed E-state index contributed by atoms with van der Waals surface area (Å²) in [4.78, 5) is 13.1. The van der Waals surface area contributed by atoms with Crippen LogP contribution in [0.25, 0.3) is 0 Å². The van der Waals surface area contributed by atoms with Crippen molar-refractivity contribution in [2.24, 2.45) is 0 Å². The SMILES string of the molecule is [CH2-]N1CCC(NC(=O)CC)CC1. The van der Waals surface area contributed by atoms with Gasteiger partial charge >= 0.3 is 0 Å². The fourth-order valence-electron chi connectivity index (χ4n) is 1.41. The van der Waals surface area contributed by atoms with Crippen molar-refractivity contribution in [1.29, 1.82) is 0 Å². The van der Waals surface area contributed by atoms with E-state index in [-0.39, 0.29) is 5.91 Å². The van der Waals surface area contributed by atoms with Crippen LogP contribution in [0.15, 0.2) is 0 Å². The summed E-state index contributed by atoms with van der Waals surface area (Å²) in [6.45, 7) is 3.87. The monoisotopic (exact) mass is 169 g/mol. The average Bonchev–Trinajstić information content (AvgIpc) is 2.09. The minimum Gasteiger partial charge on any atom is -0.459 e. The van der Waals surface area contributed by atoms with Gasteiger partial charge in [-0.25, -0.2) is 0 Å². The smallest absolute Gasteiger partial charge is 0.219 e. The quantitative estimate of drug-likeness (QED) is 0.619. The Labute approximate surface area is 74.1 Å². The van der Waals surface area contributed by atoms with Crippen molar-refractivity contribution >= 4 is 5.91 Å². The van der Waals surface area contributed by atoms with Crippen molar-refractivity contribution in [1.82, 2.24) is 10.2 Å². The predicted molar refractivity (Wildman–Crippen MR) is 48.4 cm³/mol. The molecule has 1 aliphatic heterocycles. The van der Waals surface area contributed by atoms with E-state index < -0.39 is 0 Å². The van der Waals surface area contributed by atoms with Crippen LogP contribution in [0.1, 0.15) is 26.2 Å². The molecule has 0 saturated carbocycles. The van der Waals surface area contributed by atoms with Gasteiger partial charge < -0.3 is 10.2 Å². The molecule has 1 rings (SSSR count). The zero-order valence-electron chi connectivity index (χ0n) is 7.68. The largest absolute Gasteiger partial charge is 0.459 e. The summed E-state index contributed by atoms with van der Waals surface area (Å²) in [6, 6.07) is 0.385. The maximum absolute atomic E-state index is 11.0. The third-order valence-corrected chi connectivity index (χ3v) is 2.27. The summed E-state index contributed by atoms with van der Waals surface area (Å²) in [5, 5.41) is 3.00. The molecule has 1 fully saturated rings. The molecule has 0 aromatic carbocycles. The lowest BCUT2D eigenvalue weighted by atomic mass is 10.1. The van der Waals surface area contributed by atoms with Gasteiger partial charge in [-0.3, -0.25) is 11.8 Å². The minimum atomic E-state index is 0.164. The zero-order chi connectivity index (χ0) is 8.97. The Bertz CT molecular complexity index is 151. The van der Waals surface area contributed by atoms with E-state index in [1.165, 1.54) is 0 Å². The molecule has 3 heteroatoms. The number of carbonyl (C=O) groups excluding carboxylic acids is 1. The van der Waals surface area contributed by atoms with Gasteiger partial charge in [0.2, 0.25) is 5.91 Å². The molecule has 0 bridgehead atoms. The van der Waals surface area contributed by atoms with Gasteiger partial charge in [0.15, 0.2) is 0 Å². The number of hydrogen-bond donors (Lipinski definition) is 1. The molecule has 3 nitrogen and oxygen atoms in total. The molecule has 1 N–H and O–H groups in total. The summed E-state index contributed by atoms with van der Waals surface area (Å²) in [7, 11) is 3.85. The highest BCUT2D eigenvalue weighted by Crippen LogP contribution is 2.08. The first kappa shape index (κ1) is 9.52. The van der Waals surface area contributed by atoms with Crippen LogP contribution in [0.2, 0.25) is 0 Å². The lowest BCUT2D eigenvalue weighted by molar-refractivity contribution is -0.121. The highest BCUT2D eigenvalue weighted by Gasteiger charge is 2.14. The first-order valence-electron chi connectivity index (χ1n) is 4.57. The van der Waals surface area contributed by atoms with Gasteiger partial charge in [0.05, 0.1) is 0 Å². The van der Waals surface area contributed by atoms with Crippen molar-refractivity contribution in [3.05, 3.63) is 7.05 Å². The third-order valence-electron chi connectivity index (χ3n) is 2.27. The lowest BCUT2D eigenvalue weighted by Gasteiger charge is -2.34. The van der Waals surface area contributed by atoms with E-state index in [4.69, 9.17) is 0 Å². The Morgan fingerprint density at radius 1 is 1.58 bits per heavy atom. The number of hydrogen-bond acceptors (Lipinski definition) is 2. The standard InChI is InChI=1S/C9H17N2O/c1-3-9(12)10-8-4-6-11(2)7-5-8/h8H,2-7H2,1H3,(H,10,12)/q-1. The lowest BCUT2D eigenvalue weighted by Crippen LogP contribution is -2.42. The van der Waals surface area contributed by atoms with Gasteiger partial charge in [-0.1, -0.05) is 6.92 Å². The van der Waals surface area contributed by atoms with Gasteiger partial charge in [0.1, 0.15) is 0 Å². The Morgan fingerprint density at radius 3 is 2.67 bits per heavy atom. The number of rotatable bonds is 2. The summed E-state index contributed by atoms with van der Waals surface area (Å²) >= 11 is 0. The molecule has 0 aromatic rings. The molecule has 1 amide bonds. The van der Waals surface area contributed by atoms with E-state index in [1.807, 2.05) is 6.92 Å². The van der Waals surface area contributed by atoms with Crippen LogP contribution < -0.4 is 5.32 Å². The fourth-order valence-corrected chi connectivity index (χ4v) is 1.41. The summed E-state index contributed by atoms with van der Waals surface area (Å²) in [6.07, 6.45) is 2.66. The molecular weight excluding hydrogens is 152 g/mol. The molecule has 12 heavy (non-hydrogen) atoms. The predicted octanol–water partition coefficient (Wildman–Crippen LogP) is 0.769. The number of nitrogens with zero attached hydrogens (tertiary/aromatic N) is 1. The molecule has 0 aromatic heterocycles. The molecule has 1 heterocycles. The van der Waals surface area contributed by atoms with Gasteiger partial charge in [-0.15, -0.1) is 0 Å². The average molecular weight is 169 g/mol. The van der Waals surface area contributed by atoms with Gasteiger partial charge in [0.25, 0.3) is 0 Å². The molecule has 0 unspecified atom stereocenters. The highest BCUT2D eigenvalue weighted by atomic mass is 16.1. The second-order valence-electron chi connectivity index (χ2n) is 3.31. The van der Waals surface area contributed by atoms with E-state index in [0.29, 0.717) is 12.5 Å². The van der Waals surface area contributed by atoms with Gasteiger partial charge in [0, 0.05) is 12.5 Å². The van der Waals surface area contributed by atoms with Crippen LogP contribution in [-0.4, -0.2) is 29.9 Å². The van der Waals surface area contributed by atoms with Crippen LogP contribution in [0, 0.1) is 7.05 Å². The van der Waals surface area contributed by atoms with E-state index in [0.717, 1.165) is 25.9 Å². The number of nitrogens with one attached hydrogen (secondary N) is 1. The van der Waals surface area contributed by atoms with Gasteiger partial charge in [-0.2, -0.15) is 0 Å². The van der Waals surface area contributed by atoms with Crippen molar-refractivity contribution in [2.75, 3.05) is 13.1 Å². The Balaban J connectivity index is 2.21. The van der Waals surface area contributed by atoms with E-state index in [2.05, 4.69) is 17.3 Å². The zero-order valence-corrected chi connectivity index (χ0v) is 7.68. The summed E-state index contributed by atoms with van der Waals surface area (Å²) in [5.41, 5.74) is 0. The first-order chi connectivity index (χ1) is 5.72. The van der Waals surface area contributed by atoms with Crippen molar-refractivity contribution in [3.63, 3.8) is 0 Å². The highest BCUT2D eigenvalue weighted by molar-refractivity contribution is 5.75. The maximum Gasteiger partial charge on any atom is 0.219 e. The normalized spacial score (nSPS) is 20.8. The van der Waals surface area contributed by atoms with E-state index in [9.17, 15) is 4.79 Å². The summed E-state index contributed by atoms with van der Waals surface area (Å²) in [5.74, 6) is 0.164. The van der Waals surface area contributed by atoms with Crippen LogP contribution in [-0.2, 0) is 4.79 Å². The molecule has 0 aliphatic carbocycles. The van der Waals surface area contributed by atoms with E-state index >= 15 is 0 Å². The number of likely N-dealkylation sites (tertiary alicyclic amines) is 1. The molecular formula is C9H17N2O-. The maximum atomic E-state index is 11.0. The second kappa shape index (κ2) is 4.45. The fraction of sp³-hybridized carbons (Fsp3) is 0.778. The van der Waals surface area contributed by atoms with Crippen LogP contribution >= 0.6 is 0 Å². The van der Waals surface area contributed by atoms with Crippen LogP contribution in [0.5, 0.6) is 0 Å². The summed E-state index contributed by atoms with van der Waals surface area (Å²) < 4.78 is 0. The molecule has 0 spiro atoms. The van der Waals surface area contributed by atoms with E-state index in [1.54, 1.807) is 0 Å². The minimum absolute atomic E-state index is 0.164. The Kier molecular flexibility index (Phi) is 3.53. The molecule has 0 radical (unpaired) electrons. The molecule has 0 atom stereocenters. The topological polar surface area (TPSA) is 32.3 Å². The number of carbonyl (C=O) groups is 1. The van der Waals surface area contributed by atoms with Crippen molar-refractivity contribution < 1.29 is 4.79 Å². The number of piperidine rings is 1. The first-order valence-corrected chi connectivity index (χ1v) is 4.57.